The fourth-order valence-electron chi connectivity index (χ4n) is 1.84. The molecule has 98 valence electrons. The fourth-order valence-corrected chi connectivity index (χ4v) is 1.84. The number of hydrogen-bond acceptors (Lipinski definition) is 3. The van der Waals surface area contributed by atoms with Gasteiger partial charge in [0, 0.05) is 18.3 Å². The average molecular weight is 252 g/mol. The molecule has 1 heterocycles. The minimum atomic E-state index is -1.10. The van der Waals surface area contributed by atoms with Gasteiger partial charge in [-0.2, -0.15) is 0 Å². The van der Waals surface area contributed by atoms with Crippen LogP contribution in [0.4, 0.5) is 0 Å². The number of carbonyl (C=O) groups is 2. The highest BCUT2D eigenvalue weighted by Gasteiger charge is 2.16. The highest BCUT2D eigenvalue weighted by atomic mass is 16.4. The Bertz CT molecular complexity index is 546. The molecular weight excluding hydrogens is 236 g/mol. The molecular formula is C12H16N2O4. The van der Waals surface area contributed by atoms with E-state index in [9.17, 15) is 14.4 Å². The van der Waals surface area contributed by atoms with E-state index in [0.717, 1.165) is 0 Å². The molecule has 1 aromatic heterocycles. The first-order chi connectivity index (χ1) is 8.38. The Kier molecular flexibility index (Phi) is 4.25. The molecule has 0 fully saturated rings. The Labute approximate surface area is 104 Å². The molecule has 1 amide bonds. The van der Waals surface area contributed by atoms with Gasteiger partial charge < -0.3 is 15.0 Å². The van der Waals surface area contributed by atoms with Crippen LogP contribution in [0.15, 0.2) is 10.9 Å². The van der Waals surface area contributed by atoms with Crippen LogP contribution in [0, 0.1) is 13.8 Å². The number of carbonyl (C=O) groups excluding carboxylic acids is 1. The predicted octanol–water partition coefficient (Wildman–Crippen LogP) is 0.299. The van der Waals surface area contributed by atoms with Crippen LogP contribution >= 0.6 is 0 Å². The largest absolute Gasteiger partial charge is 0.478 e. The van der Waals surface area contributed by atoms with Gasteiger partial charge >= 0.3 is 5.97 Å². The molecule has 1 aromatic rings. The van der Waals surface area contributed by atoms with E-state index in [1.807, 2.05) is 0 Å². The number of carboxylic acids is 1. The van der Waals surface area contributed by atoms with Gasteiger partial charge in [-0.1, -0.05) is 0 Å². The minimum Gasteiger partial charge on any atom is -0.478 e. The molecule has 2 N–H and O–H groups in total. The first-order valence-corrected chi connectivity index (χ1v) is 5.59. The van der Waals surface area contributed by atoms with Gasteiger partial charge in [0.15, 0.2) is 0 Å². The summed E-state index contributed by atoms with van der Waals surface area (Å²) in [6.45, 7) is 5.15. The van der Waals surface area contributed by atoms with Gasteiger partial charge in [0.2, 0.25) is 5.91 Å². The Morgan fingerprint density at radius 3 is 2.50 bits per heavy atom. The SMILES string of the molecule is CCNC(=O)Cn1c(C)c(C(=O)O)c(C)cc1=O. The van der Waals surface area contributed by atoms with Crippen molar-refractivity contribution in [2.24, 2.45) is 0 Å². The second-order valence-electron chi connectivity index (χ2n) is 3.97. The lowest BCUT2D eigenvalue weighted by Crippen LogP contribution is -2.34. The van der Waals surface area contributed by atoms with Gasteiger partial charge in [-0.15, -0.1) is 0 Å². The molecule has 1 rings (SSSR count). The number of likely N-dealkylation sites (N-methyl/N-ethyl adjacent to an activating group) is 1. The van der Waals surface area contributed by atoms with Crippen LogP contribution in [-0.4, -0.2) is 28.1 Å². The maximum absolute atomic E-state index is 11.8. The van der Waals surface area contributed by atoms with Gasteiger partial charge in [-0.25, -0.2) is 4.79 Å². The summed E-state index contributed by atoms with van der Waals surface area (Å²) in [5, 5.41) is 11.6. The van der Waals surface area contributed by atoms with Crippen molar-refractivity contribution in [2.45, 2.75) is 27.3 Å². The van der Waals surface area contributed by atoms with Crippen molar-refractivity contribution in [3.8, 4) is 0 Å². The molecule has 0 aromatic carbocycles. The molecule has 18 heavy (non-hydrogen) atoms. The first kappa shape index (κ1) is 14.0. The van der Waals surface area contributed by atoms with Crippen molar-refractivity contribution in [1.29, 1.82) is 0 Å². The zero-order chi connectivity index (χ0) is 13.9. The van der Waals surface area contributed by atoms with Crippen LogP contribution in [0.25, 0.3) is 0 Å². The molecule has 6 nitrogen and oxygen atoms in total. The first-order valence-electron chi connectivity index (χ1n) is 5.59. The molecule has 0 atom stereocenters. The van der Waals surface area contributed by atoms with Crippen LogP contribution in [0.1, 0.15) is 28.5 Å². The van der Waals surface area contributed by atoms with E-state index < -0.39 is 5.97 Å². The summed E-state index contributed by atoms with van der Waals surface area (Å²) >= 11 is 0. The molecule has 0 aliphatic rings. The Balaban J connectivity index is 3.28. The van der Waals surface area contributed by atoms with Crippen molar-refractivity contribution >= 4 is 11.9 Å². The number of amides is 1. The number of nitrogens with zero attached hydrogens (tertiary/aromatic N) is 1. The lowest BCUT2D eigenvalue weighted by atomic mass is 10.1. The van der Waals surface area contributed by atoms with Crippen LogP contribution < -0.4 is 10.9 Å². The van der Waals surface area contributed by atoms with Gasteiger partial charge in [0.25, 0.3) is 5.56 Å². The fraction of sp³-hybridized carbons (Fsp3) is 0.417. The van der Waals surface area contributed by atoms with Gasteiger partial charge in [-0.3, -0.25) is 9.59 Å². The molecule has 6 heteroatoms. The molecule has 0 spiro atoms. The number of aromatic nitrogens is 1. The third-order valence-corrected chi connectivity index (χ3v) is 2.66. The number of hydrogen-bond donors (Lipinski definition) is 2. The molecule has 0 unspecified atom stereocenters. The molecule has 0 saturated carbocycles. The Morgan fingerprint density at radius 1 is 1.39 bits per heavy atom. The maximum Gasteiger partial charge on any atom is 0.337 e. The number of aromatic carboxylic acids is 1. The maximum atomic E-state index is 11.8. The second kappa shape index (κ2) is 5.48. The second-order valence-corrected chi connectivity index (χ2v) is 3.97. The lowest BCUT2D eigenvalue weighted by Gasteiger charge is -2.13. The van der Waals surface area contributed by atoms with Crippen LogP contribution in [-0.2, 0) is 11.3 Å². The van der Waals surface area contributed by atoms with Gasteiger partial charge in [0.05, 0.1) is 5.56 Å². The summed E-state index contributed by atoms with van der Waals surface area (Å²) in [7, 11) is 0. The summed E-state index contributed by atoms with van der Waals surface area (Å²) in [5.41, 5.74) is 0.385. The van der Waals surface area contributed by atoms with Gasteiger partial charge in [-0.05, 0) is 26.3 Å². The van der Waals surface area contributed by atoms with E-state index in [0.29, 0.717) is 17.8 Å². The van der Waals surface area contributed by atoms with E-state index in [1.54, 1.807) is 13.8 Å². The highest BCUT2D eigenvalue weighted by molar-refractivity contribution is 5.90. The topological polar surface area (TPSA) is 88.4 Å². The summed E-state index contributed by atoms with van der Waals surface area (Å²) in [4.78, 5) is 34.3. The van der Waals surface area contributed by atoms with E-state index in [2.05, 4.69) is 5.32 Å². The lowest BCUT2D eigenvalue weighted by molar-refractivity contribution is -0.121. The van der Waals surface area contributed by atoms with Gasteiger partial charge in [0.1, 0.15) is 6.54 Å². The summed E-state index contributed by atoms with van der Waals surface area (Å²) < 4.78 is 1.17. The normalized spacial score (nSPS) is 10.2. The predicted molar refractivity (Wildman–Crippen MR) is 65.8 cm³/mol. The molecule has 0 aliphatic carbocycles. The summed E-state index contributed by atoms with van der Waals surface area (Å²) in [6, 6.07) is 1.23. The van der Waals surface area contributed by atoms with Crippen molar-refractivity contribution in [1.82, 2.24) is 9.88 Å². The number of pyridine rings is 1. The van der Waals surface area contributed by atoms with Crippen molar-refractivity contribution < 1.29 is 14.7 Å². The zero-order valence-electron chi connectivity index (χ0n) is 10.6. The van der Waals surface area contributed by atoms with Crippen molar-refractivity contribution in [3.63, 3.8) is 0 Å². The van der Waals surface area contributed by atoms with Crippen LogP contribution in [0.5, 0.6) is 0 Å². The highest BCUT2D eigenvalue weighted by Crippen LogP contribution is 2.10. The molecule has 0 aliphatic heterocycles. The Hall–Kier alpha value is -2.11. The summed E-state index contributed by atoms with van der Waals surface area (Å²) in [5.74, 6) is -1.42. The minimum absolute atomic E-state index is 0.0684. The van der Waals surface area contributed by atoms with Crippen LogP contribution in [0.3, 0.4) is 0 Å². The van der Waals surface area contributed by atoms with E-state index in [1.165, 1.54) is 17.6 Å². The van der Waals surface area contributed by atoms with E-state index >= 15 is 0 Å². The monoisotopic (exact) mass is 252 g/mol. The number of nitrogens with one attached hydrogen (secondary N) is 1. The number of carboxylic acid groups (broad SMARTS) is 1. The third kappa shape index (κ3) is 2.77. The molecule has 0 saturated heterocycles. The number of rotatable bonds is 4. The van der Waals surface area contributed by atoms with Crippen molar-refractivity contribution in [2.75, 3.05) is 6.54 Å². The summed E-state index contributed by atoms with van der Waals surface area (Å²) in [6.07, 6.45) is 0. The number of aryl methyl sites for hydroxylation is 1. The standard InChI is InChI=1S/C12H16N2O4/c1-4-13-9(15)6-14-8(3)11(12(17)18)7(2)5-10(14)16/h5H,4,6H2,1-3H3,(H,13,15)(H,17,18). The van der Waals surface area contributed by atoms with E-state index in [-0.39, 0.29) is 23.6 Å². The smallest absolute Gasteiger partial charge is 0.337 e. The van der Waals surface area contributed by atoms with Crippen LogP contribution in [0.2, 0.25) is 0 Å². The molecule has 0 radical (unpaired) electrons. The molecule has 0 bridgehead atoms. The zero-order valence-corrected chi connectivity index (χ0v) is 10.6. The average Bonchev–Trinajstić information content (AvgIpc) is 2.23. The van der Waals surface area contributed by atoms with Crippen molar-refractivity contribution in [3.05, 3.63) is 33.2 Å². The Morgan fingerprint density at radius 2 is 2.00 bits per heavy atom. The quantitative estimate of drug-likeness (QED) is 0.806. The third-order valence-electron chi connectivity index (χ3n) is 2.66. The van der Waals surface area contributed by atoms with E-state index in [4.69, 9.17) is 5.11 Å².